The molecular weight excluding hydrogens is 666 g/mol. The lowest BCUT2D eigenvalue weighted by Gasteiger charge is -2.27. The zero-order valence-electron chi connectivity index (χ0n) is 21.8. The second-order valence-electron chi connectivity index (χ2n) is 9.92. The van der Waals surface area contributed by atoms with Gasteiger partial charge in [0.15, 0.2) is 28.9 Å². The third-order valence-electron chi connectivity index (χ3n) is 7.11. The van der Waals surface area contributed by atoms with Gasteiger partial charge in [0.05, 0.1) is 38.1 Å². The Hall–Kier alpha value is -2.13. The van der Waals surface area contributed by atoms with Crippen molar-refractivity contribution in [2.24, 2.45) is 0 Å². The van der Waals surface area contributed by atoms with E-state index in [0.717, 1.165) is 0 Å². The van der Waals surface area contributed by atoms with E-state index in [1.54, 1.807) is 4.57 Å². The molecule has 3 fully saturated rings. The Morgan fingerprint density at radius 2 is 1.74 bits per heavy atom. The van der Waals surface area contributed by atoms with Crippen molar-refractivity contribution in [2.75, 3.05) is 24.7 Å². The molecule has 0 saturated carbocycles. The zero-order chi connectivity index (χ0) is 30.1. The molecular formula is C20H24N10O8P2S3. The number of fused-ring (bicyclic) bond motifs is 5. The van der Waals surface area contributed by atoms with Gasteiger partial charge in [-0.25, -0.2) is 19.9 Å². The maximum atomic E-state index is 12.3. The number of hydrogen-bond donors (Lipinski definition) is 5. The molecule has 230 valence electrons. The standard InChI is InChI=1S/C20H24N10O8P2S3/c21-15-13-16(24-5-23-15)29(6-25-13)12-2-9-11(36-12)4-33-39(32,41)37-10-1-8(3-34-40(42,43)38-9)35-19(10)30-7-26-14-17(30)27-20(22)28-18(14)31/h5-12,19H,1-4H2,(H,32,41)(H,42,43)(H2,21,23,24)(H3,22,27,28,31)/t8-,9-,10+,11+,12+,19+,39?/m0/s1. The maximum Gasteiger partial charge on any atom is 0.325 e. The maximum absolute atomic E-state index is 12.3. The van der Waals surface area contributed by atoms with Crippen LogP contribution in [0.15, 0.2) is 23.8 Å². The minimum atomic E-state index is -3.89. The predicted molar refractivity (Wildman–Crippen MR) is 161 cm³/mol. The predicted octanol–water partition coefficient (Wildman–Crippen LogP) is 0.887. The van der Waals surface area contributed by atoms with Gasteiger partial charge in [0.25, 0.3) is 5.56 Å². The summed E-state index contributed by atoms with van der Waals surface area (Å²) in [5.41, 5.74) is 9.12. The van der Waals surface area contributed by atoms with E-state index in [2.05, 4.69) is 42.2 Å². The topological polar surface area (TPSA) is 235 Å². The molecule has 7 heterocycles. The minimum absolute atomic E-state index is 0.0148. The minimum Gasteiger partial charge on any atom is -0.382 e. The van der Waals surface area contributed by atoms with Crippen molar-refractivity contribution in [3.8, 4) is 0 Å². The number of ether oxygens (including phenoxy) is 2. The van der Waals surface area contributed by atoms with Gasteiger partial charge in [0, 0.05) is 12.8 Å². The van der Waals surface area contributed by atoms with Gasteiger partial charge in [-0.3, -0.25) is 18.9 Å². The zero-order valence-corrected chi connectivity index (χ0v) is 26.1. The van der Waals surface area contributed by atoms with Gasteiger partial charge in [-0.05, 0) is 23.6 Å². The van der Waals surface area contributed by atoms with Gasteiger partial charge in [-0.15, -0.1) is 0 Å². The number of nitrogen functional groups attached to an aromatic ring is 2. The molecule has 2 unspecified atom stereocenters. The number of imidazole rings is 2. The van der Waals surface area contributed by atoms with Crippen molar-refractivity contribution in [3.63, 3.8) is 0 Å². The first-order valence-corrected chi connectivity index (χ1v) is 19.1. The van der Waals surface area contributed by atoms with E-state index in [1.807, 2.05) is 0 Å². The lowest BCUT2D eigenvalue weighted by Crippen LogP contribution is -2.29. The van der Waals surface area contributed by atoms with Gasteiger partial charge >= 0.3 is 6.72 Å². The quantitative estimate of drug-likeness (QED) is 0.145. The molecule has 0 amide bonds. The number of aromatic amines is 1. The Morgan fingerprint density at radius 3 is 2.58 bits per heavy atom. The summed E-state index contributed by atoms with van der Waals surface area (Å²) >= 11 is 15.6. The molecule has 0 radical (unpaired) electrons. The highest BCUT2D eigenvalue weighted by Crippen LogP contribution is 2.58. The van der Waals surface area contributed by atoms with Crippen LogP contribution < -0.4 is 17.0 Å². The fraction of sp³-hybridized carbons (Fsp3) is 0.500. The van der Waals surface area contributed by atoms with E-state index < -0.39 is 54.8 Å². The van der Waals surface area contributed by atoms with E-state index in [1.165, 1.54) is 23.5 Å². The highest BCUT2D eigenvalue weighted by molar-refractivity contribution is 8.60. The number of nitrogens with zero attached hydrogens (tertiary/aromatic N) is 7. The Labute approximate surface area is 257 Å². The Morgan fingerprint density at radius 1 is 0.953 bits per heavy atom. The van der Waals surface area contributed by atoms with Gasteiger partial charge < -0.3 is 43.9 Å². The first-order valence-electron chi connectivity index (χ1n) is 12.7. The van der Waals surface area contributed by atoms with Gasteiger partial charge in [-0.2, -0.15) is 4.98 Å². The lowest BCUT2D eigenvalue weighted by molar-refractivity contribution is -0.0561. The van der Waals surface area contributed by atoms with E-state index >= 15 is 0 Å². The fourth-order valence-electron chi connectivity index (χ4n) is 5.25. The molecule has 6 N–H and O–H groups in total. The molecule has 0 aromatic carbocycles. The monoisotopic (exact) mass is 690 g/mol. The van der Waals surface area contributed by atoms with Crippen molar-refractivity contribution in [1.29, 1.82) is 0 Å². The van der Waals surface area contributed by atoms with Crippen molar-refractivity contribution in [1.82, 2.24) is 39.0 Å². The second-order valence-corrected chi connectivity index (χ2v) is 18.0. The van der Waals surface area contributed by atoms with Crippen LogP contribution in [0.25, 0.3) is 22.3 Å². The average molecular weight is 691 g/mol. The molecule has 0 aliphatic carbocycles. The summed E-state index contributed by atoms with van der Waals surface area (Å²) < 4.78 is 39.5. The first kappa shape index (κ1) is 29.6. The van der Waals surface area contributed by atoms with Crippen molar-refractivity contribution in [2.45, 2.75) is 49.7 Å². The van der Waals surface area contributed by atoms with Crippen LogP contribution in [0.3, 0.4) is 0 Å². The summed E-state index contributed by atoms with van der Waals surface area (Å²) in [4.78, 5) is 46.7. The number of aromatic nitrogens is 8. The van der Waals surface area contributed by atoms with E-state index in [0.29, 0.717) is 17.6 Å². The summed E-state index contributed by atoms with van der Waals surface area (Å²) in [7, 11) is 0. The number of rotatable bonds is 2. The van der Waals surface area contributed by atoms with Crippen LogP contribution in [0.5, 0.6) is 0 Å². The Kier molecular flexibility index (Phi) is 7.59. The van der Waals surface area contributed by atoms with Crippen molar-refractivity contribution >= 4 is 82.4 Å². The molecule has 4 aromatic rings. The van der Waals surface area contributed by atoms with Crippen LogP contribution in [-0.4, -0.2) is 81.6 Å². The number of anilines is 2. The molecule has 3 saturated heterocycles. The van der Waals surface area contributed by atoms with Gasteiger partial charge in [0.2, 0.25) is 11.6 Å². The number of thiol groups is 1. The summed E-state index contributed by atoms with van der Waals surface area (Å²) in [5, 5.41) is 0. The molecule has 8 atom stereocenters. The molecule has 3 aliphatic rings. The first-order chi connectivity index (χ1) is 20.5. The number of nitrogens with two attached hydrogens (primary N) is 2. The van der Waals surface area contributed by atoms with Crippen LogP contribution in [0.4, 0.5) is 11.8 Å². The normalized spacial score (nSPS) is 35.4. The Bertz CT molecular complexity index is 1870. The second kappa shape index (κ2) is 11.0. The highest BCUT2D eigenvalue weighted by atomic mass is 32.9. The number of nitrogens with one attached hydrogen (secondary N) is 1. The summed E-state index contributed by atoms with van der Waals surface area (Å²) in [6.45, 7) is -4.10. The summed E-state index contributed by atoms with van der Waals surface area (Å²) in [6, 6.07) is 0. The van der Waals surface area contributed by atoms with Crippen molar-refractivity contribution in [3.05, 3.63) is 29.3 Å². The molecule has 18 nitrogen and oxygen atoms in total. The molecule has 23 heteroatoms. The molecule has 43 heavy (non-hydrogen) atoms. The Balaban J connectivity index is 1.17. The largest absolute Gasteiger partial charge is 0.382 e. The third-order valence-corrected chi connectivity index (χ3v) is 10.9. The van der Waals surface area contributed by atoms with Crippen LogP contribution in [0.1, 0.15) is 25.3 Å². The van der Waals surface area contributed by atoms with E-state index in [4.69, 9.17) is 62.6 Å². The lowest BCUT2D eigenvalue weighted by atomic mass is 10.2. The number of hydrogen-bond acceptors (Lipinski definition) is 16. The molecule has 7 rings (SSSR count). The fourth-order valence-corrected chi connectivity index (χ4v) is 8.75. The van der Waals surface area contributed by atoms with Crippen LogP contribution in [0.2, 0.25) is 0 Å². The van der Waals surface area contributed by atoms with E-state index in [9.17, 15) is 9.69 Å². The van der Waals surface area contributed by atoms with Gasteiger partial charge in [-0.1, -0.05) is 12.2 Å². The highest BCUT2D eigenvalue weighted by Gasteiger charge is 2.45. The summed E-state index contributed by atoms with van der Waals surface area (Å²) in [5.74, 6) is 0.121. The molecule has 2 bridgehead atoms. The third kappa shape index (κ3) is 5.73. The van der Waals surface area contributed by atoms with Crippen molar-refractivity contribution < 1.29 is 32.5 Å². The van der Waals surface area contributed by atoms with E-state index in [-0.39, 0.29) is 42.6 Å². The molecule has 3 aliphatic heterocycles. The number of H-pyrrole nitrogens is 1. The van der Waals surface area contributed by atoms with Gasteiger partial charge in [0.1, 0.15) is 30.3 Å². The molecule has 0 spiro atoms. The van der Waals surface area contributed by atoms with Crippen LogP contribution in [0, 0.1) is 0 Å². The average Bonchev–Trinajstić information content (AvgIpc) is 3.71. The SMILES string of the molecule is Nc1nc2c(ncn2[C@@H]2O[C@@H]3COP(=S)(S)O[C@H]4C[C@H](n5cnc6c(N)ncnc65)O[C@@H]4COP(O)(=S)O[C@@H]2C3)c(=O)[nH]1. The van der Waals surface area contributed by atoms with Crippen LogP contribution >= 0.6 is 24.7 Å². The smallest absolute Gasteiger partial charge is 0.325 e. The molecule has 4 aromatic heterocycles. The van der Waals surface area contributed by atoms with Crippen LogP contribution in [-0.2, 0) is 51.2 Å². The summed E-state index contributed by atoms with van der Waals surface area (Å²) in [6.07, 6.45) is 0.386.